The molecule has 2 aromatic carbocycles. The fourth-order valence-electron chi connectivity index (χ4n) is 2.37. The van der Waals surface area contributed by atoms with Crippen LogP contribution in [0.1, 0.15) is 34.9 Å². The molecule has 0 saturated heterocycles. The highest BCUT2D eigenvalue weighted by molar-refractivity contribution is 6.40. The second kappa shape index (κ2) is 12.1. The molecule has 1 N–H and O–H groups in total. The summed E-state index contributed by atoms with van der Waals surface area (Å²) in [5, 5.41) is 9.85. The lowest BCUT2D eigenvalue weighted by Crippen LogP contribution is -2.20. The normalized spacial score (nSPS) is 11.2. The van der Waals surface area contributed by atoms with Crippen molar-refractivity contribution in [2.45, 2.75) is 18.9 Å². The average molecular weight is 414 g/mol. The Morgan fingerprint density at radius 1 is 0.767 bits per heavy atom. The Morgan fingerprint density at radius 3 is 2.03 bits per heavy atom. The third-order valence-electron chi connectivity index (χ3n) is 3.91. The fourth-order valence-corrected chi connectivity index (χ4v) is 2.37. The van der Waals surface area contributed by atoms with Crippen molar-refractivity contribution in [2.75, 3.05) is 19.8 Å². The summed E-state index contributed by atoms with van der Waals surface area (Å²) >= 11 is 0. The van der Waals surface area contributed by atoms with Crippen LogP contribution in [-0.4, -0.2) is 48.6 Å². The van der Waals surface area contributed by atoms with Crippen molar-refractivity contribution >= 4 is 23.7 Å². The van der Waals surface area contributed by atoms with Crippen molar-refractivity contribution in [1.29, 1.82) is 0 Å². The Labute approximate surface area is 173 Å². The van der Waals surface area contributed by atoms with Gasteiger partial charge in [-0.15, -0.1) is 0 Å². The van der Waals surface area contributed by atoms with E-state index in [1.807, 2.05) is 0 Å². The number of ketones is 1. The highest BCUT2D eigenvalue weighted by Crippen LogP contribution is 2.13. The van der Waals surface area contributed by atoms with Crippen LogP contribution < -0.4 is 0 Å². The van der Waals surface area contributed by atoms with Crippen LogP contribution in [0.5, 0.6) is 0 Å². The quantitative estimate of drug-likeness (QED) is 0.195. The van der Waals surface area contributed by atoms with Crippen molar-refractivity contribution in [2.24, 2.45) is 0 Å². The zero-order valence-electron chi connectivity index (χ0n) is 16.2. The molecule has 0 radical (unpaired) electrons. The molecule has 0 bridgehead atoms. The number of carbonyl (C=O) groups is 4. The Kier molecular flexibility index (Phi) is 9.20. The molecule has 0 saturated carbocycles. The zero-order valence-corrected chi connectivity index (χ0v) is 16.2. The summed E-state index contributed by atoms with van der Waals surface area (Å²) in [4.78, 5) is 46.8. The van der Waals surface area contributed by atoms with E-state index >= 15 is 0 Å². The van der Waals surface area contributed by atoms with E-state index < -0.39 is 29.8 Å². The van der Waals surface area contributed by atoms with Gasteiger partial charge in [0.1, 0.15) is 13.2 Å². The van der Waals surface area contributed by atoms with E-state index in [1.165, 1.54) is 12.1 Å². The SMILES string of the molecule is O=C(CCCOC(=O)C(=O)c1ccccc1)OCCOC(=O)C(O)c1ccccc1. The van der Waals surface area contributed by atoms with E-state index in [0.717, 1.165) is 0 Å². The molecule has 0 aliphatic carbocycles. The first-order valence-electron chi connectivity index (χ1n) is 9.31. The van der Waals surface area contributed by atoms with Gasteiger partial charge in [0.15, 0.2) is 6.10 Å². The third-order valence-corrected chi connectivity index (χ3v) is 3.91. The summed E-state index contributed by atoms with van der Waals surface area (Å²) in [6.45, 7) is -0.474. The van der Waals surface area contributed by atoms with Crippen LogP contribution in [0.15, 0.2) is 60.7 Å². The predicted molar refractivity (Wildman–Crippen MR) is 104 cm³/mol. The first-order valence-corrected chi connectivity index (χ1v) is 9.31. The van der Waals surface area contributed by atoms with E-state index in [-0.39, 0.29) is 38.2 Å². The summed E-state index contributed by atoms with van der Waals surface area (Å²) in [5.74, 6) is -3.15. The summed E-state index contributed by atoms with van der Waals surface area (Å²) in [7, 11) is 0. The number of esters is 3. The molecule has 0 fully saturated rings. The van der Waals surface area contributed by atoms with E-state index in [0.29, 0.717) is 5.56 Å². The molecule has 0 aromatic heterocycles. The third kappa shape index (κ3) is 7.48. The second-order valence-corrected chi connectivity index (χ2v) is 6.14. The molecule has 8 nitrogen and oxygen atoms in total. The lowest BCUT2D eigenvalue weighted by Gasteiger charge is -2.11. The number of ether oxygens (including phenoxy) is 3. The number of benzene rings is 2. The first kappa shape index (κ1) is 22.8. The van der Waals surface area contributed by atoms with Crippen molar-refractivity contribution in [1.82, 2.24) is 0 Å². The monoisotopic (exact) mass is 414 g/mol. The maximum absolute atomic E-state index is 11.8. The molecule has 1 unspecified atom stereocenters. The van der Waals surface area contributed by atoms with Gasteiger partial charge < -0.3 is 19.3 Å². The summed E-state index contributed by atoms with van der Waals surface area (Å²) in [6, 6.07) is 16.3. The molecule has 2 rings (SSSR count). The van der Waals surface area contributed by atoms with Crippen molar-refractivity contribution in [3.63, 3.8) is 0 Å². The molecule has 158 valence electrons. The Morgan fingerprint density at radius 2 is 1.37 bits per heavy atom. The van der Waals surface area contributed by atoms with E-state index in [2.05, 4.69) is 0 Å². The predicted octanol–water partition coefficient (Wildman–Crippen LogP) is 2.01. The van der Waals surface area contributed by atoms with Gasteiger partial charge in [0, 0.05) is 12.0 Å². The maximum Gasteiger partial charge on any atom is 0.379 e. The lowest BCUT2D eigenvalue weighted by atomic mass is 10.1. The smallest absolute Gasteiger partial charge is 0.379 e. The molecule has 2 aromatic rings. The van der Waals surface area contributed by atoms with Crippen LogP contribution in [0.25, 0.3) is 0 Å². The largest absolute Gasteiger partial charge is 0.462 e. The van der Waals surface area contributed by atoms with Gasteiger partial charge in [-0.25, -0.2) is 9.59 Å². The lowest BCUT2D eigenvalue weighted by molar-refractivity contribution is -0.159. The number of aliphatic hydroxyl groups is 1. The maximum atomic E-state index is 11.8. The van der Waals surface area contributed by atoms with Gasteiger partial charge in [-0.3, -0.25) is 9.59 Å². The molecule has 30 heavy (non-hydrogen) atoms. The van der Waals surface area contributed by atoms with Crippen molar-refractivity contribution in [3.8, 4) is 0 Å². The minimum absolute atomic E-state index is 0.0343. The Hall–Kier alpha value is -3.52. The van der Waals surface area contributed by atoms with Gasteiger partial charge in [0.25, 0.3) is 5.78 Å². The van der Waals surface area contributed by atoms with E-state index in [1.54, 1.807) is 48.5 Å². The number of aliphatic hydroxyl groups excluding tert-OH is 1. The molecule has 0 aliphatic rings. The van der Waals surface area contributed by atoms with E-state index in [4.69, 9.17) is 14.2 Å². The van der Waals surface area contributed by atoms with E-state index in [9.17, 15) is 24.3 Å². The standard InChI is InChI=1S/C22H22O8/c23-18(12-7-13-29-21(26)19(24)16-8-3-1-4-9-16)28-14-15-30-22(27)20(25)17-10-5-2-6-11-17/h1-6,8-11,20,25H,7,12-15H2. The molecule has 0 spiro atoms. The van der Waals surface area contributed by atoms with Crippen LogP contribution in [0.3, 0.4) is 0 Å². The first-order chi connectivity index (χ1) is 14.5. The fraction of sp³-hybridized carbons (Fsp3) is 0.273. The highest BCUT2D eigenvalue weighted by atomic mass is 16.6. The minimum atomic E-state index is -1.41. The topological polar surface area (TPSA) is 116 Å². The van der Waals surface area contributed by atoms with Gasteiger partial charge in [0.2, 0.25) is 0 Å². The zero-order chi connectivity index (χ0) is 21.8. The van der Waals surface area contributed by atoms with Gasteiger partial charge in [-0.05, 0) is 12.0 Å². The number of carbonyl (C=O) groups excluding carboxylic acids is 4. The van der Waals surface area contributed by atoms with Crippen LogP contribution in [-0.2, 0) is 28.6 Å². The van der Waals surface area contributed by atoms with Crippen LogP contribution >= 0.6 is 0 Å². The van der Waals surface area contributed by atoms with Crippen LogP contribution in [0.4, 0.5) is 0 Å². The van der Waals surface area contributed by atoms with Crippen LogP contribution in [0.2, 0.25) is 0 Å². The summed E-state index contributed by atoms with van der Waals surface area (Å²) in [5.41, 5.74) is 0.633. The number of hydrogen-bond donors (Lipinski definition) is 1. The van der Waals surface area contributed by atoms with Gasteiger partial charge in [-0.2, -0.15) is 0 Å². The van der Waals surface area contributed by atoms with Gasteiger partial charge in [0.05, 0.1) is 6.61 Å². The van der Waals surface area contributed by atoms with Crippen LogP contribution in [0, 0.1) is 0 Å². The second-order valence-electron chi connectivity index (χ2n) is 6.14. The number of Topliss-reactive ketones (excluding diaryl/α,β-unsaturated/α-hetero) is 1. The molecule has 0 aliphatic heterocycles. The van der Waals surface area contributed by atoms with Crippen molar-refractivity contribution in [3.05, 3.63) is 71.8 Å². The molecular formula is C22H22O8. The number of rotatable bonds is 11. The van der Waals surface area contributed by atoms with Gasteiger partial charge in [-0.1, -0.05) is 60.7 Å². The van der Waals surface area contributed by atoms with Crippen molar-refractivity contribution < 1.29 is 38.5 Å². The summed E-state index contributed by atoms with van der Waals surface area (Å²) < 4.78 is 14.6. The Balaban J connectivity index is 1.55. The molecule has 8 heteroatoms. The van der Waals surface area contributed by atoms with Gasteiger partial charge >= 0.3 is 17.9 Å². The molecule has 0 amide bonds. The summed E-state index contributed by atoms with van der Waals surface area (Å²) in [6.07, 6.45) is -1.26. The minimum Gasteiger partial charge on any atom is -0.462 e. The number of hydrogen-bond acceptors (Lipinski definition) is 8. The average Bonchev–Trinajstić information content (AvgIpc) is 2.79. The molecule has 0 heterocycles. The molecular weight excluding hydrogens is 392 g/mol. The Bertz CT molecular complexity index is 848. The molecule has 1 atom stereocenters. The highest BCUT2D eigenvalue weighted by Gasteiger charge is 2.19.